The lowest BCUT2D eigenvalue weighted by molar-refractivity contribution is -0.137. The standard InChI is InChI=1S/C15H12F3N3O2/c1-7-19-13-12(14(23)20-7)10(6-11(22)21-13)8-2-4-9(5-3-8)15(16,17)18/h2-5,10H,6H2,1H3,(H2,19,20,21,22,23)/t10-/m0/s1. The van der Waals surface area contributed by atoms with Gasteiger partial charge in [0.15, 0.2) is 0 Å². The van der Waals surface area contributed by atoms with Crippen LogP contribution in [0.25, 0.3) is 0 Å². The van der Waals surface area contributed by atoms with E-state index in [0.717, 1.165) is 12.1 Å². The molecule has 1 aromatic carbocycles. The molecule has 120 valence electrons. The molecule has 0 unspecified atom stereocenters. The Kier molecular flexibility index (Phi) is 3.46. The van der Waals surface area contributed by atoms with E-state index in [1.54, 1.807) is 6.92 Å². The van der Waals surface area contributed by atoms with E-state index in [0.29, 0.717) is 11.4 Å². The number of H-pyrrole nitrogens is 1. The van der Waals surface area contributed by atoms with Crippen molar-refractivity contribution in [2.75, 3.05) is 5.32 Å². The molecular formula is C15H12F3N3O2. The van der Waals surface area contributed by atoms with Crippen molar-refractivity contribution in [3.8, 4) is 0 Å². The number of hydrogen-bond acceptors (Lipinski definition) is 3. The van der Waals surface area contributed by atoms with Gasteiger partial charge in [-0.3, -0.25) is 9.59 Å². The first-order valence-corrected chi connectivity index (χ1v) is 6.83. The summed E-state index contributed by atoms with van der Waals surface area (Å²) in [5, 5.41) is 2.53. The average molecular weight is 323 g/mol. The first kappa shape index (κ1) is 15.3. The van der Waals surface area contributed by atoms with E-state index in [9.17, 15) is 22.8 Å². The summed E-state index contributed by atoms with van der Waals surface area (Å²) in [6.07, 6.45) is -4.46. The molecule has 0 spiro atoms. The molecule has 1 atom stereocenters. The third kappa shape index (κ3) is 2.84. The molecule has 1 amide bonds. The van der Waals surface area contributed by atoms with Crippen molar-refractivity contribution in [2.45, 2.75) is 25.4 Å². The van der Waals surface area contributed by atoms with Gasteiger partial charge in [0.25, 0.3) is 5.56 Å². The predicted octanol–water partition coefficient (Wildman–Crippen LogP) is 2.57. The molecule has 0 bridgehead atoms. The highest BCUT2D eigenvalue weighted by Gasteiger charge is 2.33. The number of aromatic amines is 1. The van der Waals surface area contributed by atoms with Gasteiger partial charge in [0.1, 0.15) is 11.6 Å². The Morgan fingerprint density at radius 3 is 2.43 bits per heavy atom. The Hall–Kier alpha value is -2.64. The van der Waals surface area contributed by atoms with Crippen LogP contribution in [0.3, 0.4) is 0 Å². The summed E-state index contributed by atoms with van der Waals surface area (Å²) in [4.78, 5) is 30.6. The van der Waals surface area contributed by atoms with Crippen molar-refractivity contribution >= 4 is 11.7 Å². The summed E-state index contributed by atoms with van der Waals surface area (Å²) in [7, 11) is 0. The Bertz CT molecular complexity index is 825. The monoisotopic (exact) mass is 323 g/mol. The van der Waals surface area contributed by atoms with E-state index in [4.69, 9.17) is 0 Å². The molecule has 2 heterocycles. The molecule has 0 fully saturated rings. The lowest BCUT2D eigenvalue weighted by Gasteiger charge is -2.24. The van der Waals surface area contributed by atoms with E-state index in [-0.39, 0.29) is 23.7 Å². The van der Waals surface area contributed by atoms with Crippen LogP contribution in [0.4, 0.5) is 19.0 Å². The van der Waals surface area contributed by atoms with Crippen LogP contribution in [0, 0.1) is 6.92 Å². The summed E-state index contributed by atoms with van der Waals surface area (Å²) in [5.41, 5.74) is -0.463. The summed E-state index contributed by atoms with van der Waals surface area (Å²) in [5.74, 6) is -0.452. The van der Waals surface area contributed by atoms with Gasteiger partial charge in [-0.2, -0.15) is 13.2 Å². The van der Waals surface area contributed by atoms with Crippen LogP contribution >= 0.6 is 0 Å². The molecule has 0 saturated carbocycles. The number of amides is 1. The fourth-order valence-corrected chi connectivity index (χ4v) is 2.67. The largest absolute Gasteiger partial charge is 0.416 e. The molecule has 1 aliphatic rings. The highest BCUT2D eigenvalue weighted by Crippen LogP contribution is 2.35. The molecule has 5 nitrogen and oxygen atoms in total. The van der Waals surface area contributed by atoms with Crippen LogP contribution < -0.4 is 10.9 Å². The number of rotatable bonds is 1. The third-order valence-corrected chi connectivity index (χ3v) is 3.71. The van der Waals surface area contributed by atoms with Crippen LogP contribution in [0.15, 0.2) is 29.1 Å². The SMILES string of the molecule is Cc1nc2c(c(=O)[nH]1)[C@H](c1ccc(C(F)(F)F)cc1)CC(=O)N2. The lowest BCUT2D eigenvalue weighted by atomic mass is 9.86. The molecule has 2 aromatic rings. The lowest BCUT2D eigenvalue weighted by Crippen LogP contribution is -2.31. The molecule has 1 aliphatic heterocycles. The smallest absolute Gasteiger partial charge is 0.310 e. The van der Waals surface area contributed by atoms with E-state index >= 15 is 0 Å². The molecule has 3 rings (SSSR count). The van der Waals surface area contributed by atoms with Gasteiger partial charge < -0.3 is 10.3 Å². The second kappa shape index (κ2) is 5.22. The number of carbonyl (C=O) groups is 1. The molecule has 1 aromatic heterocycles. The molecule has 8 heteroatoms. The zero-order valence-corrected chi connectivity index (χ0v) is 12.0. The number of halogens is 3. The Labute approximate surface area is 128 Å². The molecule has 0 aliphatic carbocycles. The van der Waals surface area contributed by atoms with Gasteiger partial charge >= 0.3 is 6.18 Å². The Balaban J connectivity index is 2.08. The number of anilines is 1. The number of nitrogens with one attached hydrogen (secondary N) is 2. The van der Waals surface area contributed by atoms with Crippen LogP contribution in [0.1, 0.15) is 34.9 Å². The van der Waals surface area contributed by atoms with E-state index in [1.807, 2.05) is 0 Å². The van der Waals surface area contributed by atoms with Crippen molar-refractivity contribution < 1.29 is 18.0 Å². The van der Waals surface area contributed by atoms with Gasteiger partial charge in [-0.1, -0.05) is 12.1 Å². The highest BCUT2D eigenvalue weighted by molar-refractivity contribution is 5.94. The second-order valence-corrected chi connectivity index (χ2v) is 5.34. The first-order chi connectivity index (χ1) is 10.8. The molecule has 2 N–H and O–H groups in total. The summed E-state index contributed by atoms with van der Waals surface area (Å²) >= 11 is 0. The second-order valence-electron chi connectivity index (χ2n) is 5.34. The van der Waals surface area contributed by atoms with Gasteiger partial charge in [-0.25, -0.2) is 4.98 Å². The molecule has 23 heavy (non-hydrogen) atoms. The van der Waals surface area contributed by atoms with E-state index < -0.39 is 23.2 Å². The quantitative estimate of drug-likeness (QED) is 0.847. The van der Waals surface area contributed by atoms with Crippen LogP contribution in [-0.2, 0) is 11.0 Å². The van der Waals surface area contributed by atoms with Crippen molar-refractivity contribution in [1.29, 1.82) is 0 Å². The summed E-state index contributed by atoms with van der Waals surface area (Å²) in [6, 6.07) is 4.46. The highest BCUT2D eigenvalue weighted by atomic mass is 19.4. The van der Waals surface area contributed by atoms with Crippen LogP contribution in [-0.4, -0.2) is 15.9 Å². The number of hydrogen-bond donors (Lipinski definition) is 2. The fraction of sp³-hybridized carbons (Fsp3) is 0.267. The number of aromatic nitrogens is 2. The van der Waals surface area contributed by atoms with Gasteiger partial charge in [-0.05, 0) is 24.6 Å². The number of carbonyl (C=O) groups excluding carboxylic acids is 1. The van der Waals surface area contributed by atoms with Crippen molar-refractivity contribution in [3.63, 3.8) is 0 Å². The van der Waals surface area contributed by atoms with Gasteiger partial charge in [-0.15, -0.1) is 0 Å². The van der Waals surface area contributed by atoms with Gasteiger partial charge in [0.05, 0.1) is 11.1 Å². The maximum Gasteiger partial charge on any atom is 0.416 e. The average Bonchev–Trinajstić information content (AvgIpc) is 2.44. The third-order valence-electron chi connectivity index (χ3n) is 3.71. The molecule has 0 radical (unpaired) electrons. The number of aryl methyl sites for hydroxylation is 1. The minimum atomic E-state index is -4.43. The number of benzene rings is 1. The number of fused-ring (bicyclic) bond motifs is 1. The van der Waals surface area contributed by atoms with Crippen molar-refractivity contribution in [2.24, 2.45) is 0 Å². The van der Waals surface area contributed by atoms with E-state index in [2.05, 4.69) is 15.3 Å². The predicted molar refractivity (Wildman–Crippen MR) is 76.1 cm³/mol. The van der Waals surface area contributed by atoms with Crippen LogP contribution in [0.5, 0.6) is 0 Å². The van der Waals surface area contributed by atoms with Crippen molar-refractivity contribution in [1.82, 2.24) is 9.97 Å². The Morgan fingerprint density at radius 1 is 1.17 bits per heavy atom. The molecular weight excluding hydrogens is 311 g/mol. The van der Waals surface area contributed by atoms with Gasteiger partial charge in [0, 0.05) is 12.3 Å². The normalized spacial score (nSPS) is 17.6. The molecule has 0 saturated heterocycles. The summed E-state index contributed by atoms with van der Waals surface area (Å²) < 4.78 is 37.9. The number of alkyl halides is 3. The minimum absolute atomic E-state index is 0.0216. The maximum absolute atomic E-state index is 12.6. The van der Waals surface area contributed by atoms with Crippen LogP contribution in [0.2, 0.25) is 0 Å². The fourth-order valence-electron chi connectivity index (χ4n) is 2.67. The van der Waals surface area contributed by atoms with Gasteiger partial charge in [0.2, 0.25) is 5.91 Å². The number of nitrogens with zero attached hydrogens (tertiary/aromatic N) is 1. The van der Waals surface area contributed by atoms with E-state index in [1.165, 1.54) is 12.1 Å². The summed E-state index contributed by atoms with van der Waals surface area (Å²) in [6.45, 7) is 1.58. The first-order valence-electron chi connectivity index (χ1n) is 6.83. The van der Waals surface area contributed by atoms with Crippen molar-refractivity contribution in [3.05, 3.63) is 57.1 Å². The topological polar surface area (TPSA) is 74.8 Å². The minimum Gasteiger partial charge on any atom is -0.310 e. The zero-order valence-electron chi connectivity index (χ0n) is 12.0. The Morgan fingerprint density at radius 2 is 1.83 bits per heavy atom. The zero-order chi connectivity index (χ0) is 16.8. The maximum atomic E-state index is 12.6.